The van der Waals surface area contributed by atoms with Gasteiger partial charge in [-0.2, -0.15) is 0 Å². The number of aromatic nitrogens is 4. The van der Waals surface area contributed by atoms with Crippen molar-refractivity contribution in [3.05, 3.63) is 70.7 Å². The van der Waals surface area contributed by atoms with Crippen LogP contribution in [0.25, 0.3) is 0 Å². The monoisotopic (exact) mass is 346 g/mol. The zero-order valence-electron chi connectivity index (χ0n) is 11.8. The van der Waals surface area contributed by atoms with Crippen LogP contribution in [0.3, 0.4) is 0 Å². The molecule has 6 nitrogen and oxygen atoms in total. The van der Waals surface area contributed by atoms with Crippen molar-refractivity contribution >= 4 is 35.1 Å². The summed E-state index contributed by atoms with van der Waals surface area (Å²) in [5, 5.41) is 7.30. The first kappa shape index (κ1) is 15.5. The summed E-state index contributed by atoms with van der Waals surface area (Å²) >= 11 is 12.6. The van der Waals surface area contributed by atoms with Gasteiger partial charge in [0.1, 0.15) is 6.17 Å². The van der Waals surface area contributed by atoms with E-state index in [2.05, 4.69) is 30.6 Å². The quantitative estimate of drug-likeness (QED) is 0.684. The Balaban J connectivity index is 1.96. The second-order valence-electron chi connectivity index (χ2n) is 4.50. The lowest BCUT2D eigenvalue weighted by Gasteiger charge is -2.22. The van der Waals surface area contributed by atoms with Gasteiger partial charge in [-0.05, 0) is 24.3 Å². The van der Waals surface area contributed by atoms with Crippen molar-refractivity contribution in [2.75, 3.05) is 10.6 Å². The van der Waals surface area contributed by atoms with Gasteiger partial charge in [0.05, 0.1) is 0 Å². The van der Waals surface area contributed by atoms with Crippen LogP contribution in [-0.4, -0.2) is 19.9 Å². The molecule has 0 aliphatic heterocycles. The predicted molar refractivity (Wildman–Crippen MR) is 90.5 cm³/mol. The molecule has 2 aromatic heterocycles. The predicted octanol–water partition coefficient (Wildman–Crippen LogP) is 3.80. The van der Waals surface area contributed by atoms with E-state index in [0.29, 0.717) is 27.5 Å². The molecule has 0 saturated heterocycles. The maximum absolute atomic E-state index is 6.31. The van der Waals surface area contributed by atoms with Gasteiger partial charge in [-0.25, -0.2) is 19.9 Å². The van der Waals surface area contributed by atoms with Crippen LogP contribution in [0.5, 0.6) is 0 Å². The fraction of sp³-hybridized carbons (Fsp3) is 0.0667. The zero-order chi connectivity index (χ0) is 16.1. The molecule has 0 aliphatic rings. The maximum Gasteiger partial charge on any atom is 0.224 e. The lowest BCUT2D eigenvalue weighted by molar-refractivity contribution is 0.856. The molecule has 0 fully saturated rings. The molecule has 0 atom stereocenters. The number of hydrogen-bond donors (Lipinski definition) is 2. The van der Waals surface area contributed by atoms with Crippen molar-refractivity contribution in [1.29, 1.82) is 0 Å². The average Bonchev–Trinajstić information content (AvgIpc) is 2.56. The summed E-state index contributed by atoms with van der Waals surface area (Å²) in [6, 6.07) is 8.77. The molecular weight excluding hydrogens is 335 g/mol. The smallest absolute Gasteiger partial charge is 0.224 e. The van der Waals surface area contributed by atoms with Crippen molar-refractivity contribution in [3.8, 4) is 0 Å². The summed E-state index contributed by atoms with van der Waals surface area (Å²) in [7, 11) is 0. The van der Waals surface area contributed by atoms with Crippen LogP contribution in [-0.2, 0) is 0 Å². The number of anilines is 2. The van der Waals surface area contributed by atoms with E-state index in [-0.39, 0.29) is 0 Å². The Labute approximate surface area is 142 Å². The third-order valence-corrected chi connectivity index (χ3v) is 3.63. The largest absolute Gasteiger partial charge is 0.330 e. The molecule has 2 N–H and O–H groups in total. The van der Waals surface area contributed by atoms with Gasteiger partial charge in [0.15, 0.2) is 0 Å². The van der Waals surface area contributed by atoms with Gasteiger partial charge in [0, 0.05) is 40.4 Å². The Kier molecular flexibility index (Phi) is 4.85. The van der Waals surface area contributed by atoms with Crippen molar-refractivity contribution in [2.45, 2.75) is 6.17 Å². The minimum absolute atomic E-state index is 0.428. The van der Waals surface area contributed by atoms with Crippen molar-refractivity contribution in [2.24, 2.45) is 0 Å². The van der Waals surface area contributed by atoms with E-state index in [0.717, 1.165) is 0 Å². The van der Waals surface area contributed by atoms with E-state index >= 15 is 0 Å². The molecule has 0 radical (unpaired) electrons. The van der Waals surface area contributed by atoms with Gasteiger partial charge in [0.25, 0.3) is 0 Å². The van der Waals surface area contributed by atoms with E-state index in [1.165, 1.54) is 0 Å². The van der Waals surface area contributed by atoms with Crippen LogP contribution in [0.2, 0.25) is 10.0 Å². The summed E-state index contributed by atoms with van der Waals surface area (Å²) < 4.78 is 0. The van der Waals surface area contributed by atoms with Crippen LogP contribution in [0.4, 0.5) is 11.9 Å². The molecule has 3 rings (SSSR count). The molecular formula is C15H12Cl2N6. The summed E-state index contributed by atoms with van der Waals surface area (Å²) in [6.07, 6.45) is 6.05. The SMILES string of the molecule is Clc1cccc(Cl)c1C(Nc1ncccn1)Nc1ncccn1. The van der Waals surface area contributed by atoms with Crippen molar-refractivity contribution < 1.29 is 0 Å². The van der Waals surface area contributed by atoms with Crippen LogP contribution >= 0.6 is 23.2 Å². The molecule has 0 saturated carbocycles. The molecule has 8 heteroatoms. The highest BCUT2D eigenvalue weighted by Gasteiger charge is 2.19. The third-order valence-electron chi connectivity index (χ3n) is 2.97. The number of hydrogen-bond acceptors (Lipinski definition) is 6. The second-order valence-corrected chi connectivity index (χ2v) is 5.32. The summed E-state index contributed by atoms with van der Waals surface area (Å²) in [5.41, 5.74) is 0.663. The van der Waals surface area contributed by atoms with Gasteiger partial charge in [0.2, 0.25) is 11.9 Å². The average molecular weight is 347 g/mol. The van der Waals surface area contributed by atoms with E-state index in [4.69, 9.17) is 23.2 Å². The molecule has 0 bridgehead atoms. The highest BCUT2D eigenvalue weighted by Crippen LogP contribution is 2.32. The van der Waals surface area contributed by atoms with E-state index in [1.54, 1.807) is 55.1 Å². The molecule has 0 unspecified atom stereocenters. The molecule has 0 aliphatic carbocycles. The number of nitrogens with zero attached hydrogens (tertiary/aromatic N) is 4. The van der Waals surface area contributed by atoms with E-state index < -0.39 is 6.17 Å². The number of benzene rings is 1. The standard InChI is InChI=1S/C15H12Cl2N6/c16-10-4-1-5-11(17)12(10)13(22-14-18-6-2-7-19-14)23-15-20-8-3-9-21-15/h1-9,13H,(H,18,19,22)(H,20,21,23). The van der Waals surface area contributed by atoms with Gasteiger partial charge in [-0.3, -0.25) is 0 Å². The highest BCUT2D eigenvalue weighted by molar-refractivity contribution is 6.36. The van der Waals surface area contributed by atoms with Crippen molar-refractivity contribution in [3.63, 3.8) is 0 Å². The summed E-state index contributed by atoms with van der Waals surface area (Å²) in [4.78, 5) is 16.6. The van der Waals surface area contributed by atoms with Gasteiger partial charge in [-0.15, -0.1) is 0 Å². The Morgan fingerprint density at radius 1 is 0.696 bits per heavy atom. The van der Waals surface area contributed by atoms with Gasteiger partial charge < -0.3 is 10.6 Å². The highest BCUT2D eigenvalue weighted by atomic mass is 35.5. The first-order valence-corrected chi connectivity index (χ1v) is 7.50. The van der Waals surface area contributed by atoms with Crippen LogP contribution in [0, 0.1) is 0 Å². The van der Waals surface area contributed by atoms with Crippen molar-refractivity contribution in [1.82, 2.24) is 19.9 Å². The fourth-order valence-electron chi connectivity index (χ4n) is 1.97. The summed E-state index contributed by atoms with van der Waals surface area (Å²) in [5.74, 6) is 0.855. The first-order valence-electron chi connectivity index (χ1n) is 6.75. The Hall–Kier alpha value is -2.44. The van der Waals surface area contributed by atoms with Gasteiger partial charge >= 0.3 is 0 Å². The second kappa shape index (κ2) is 7.21. The molecule has 0 amide bonds. The van der Waals surface area contributed by atoms with Crippen LogP contribution in [0.1, 0.15) is 11.7 Å². The molecule has 116 valence electrons. The minimum Gasteiger partial charge on any atom is -0.330 e. The summed E-state index contributed by atoms with van der Waals surface area (Å²) in [6.45, 7) is 0. The fourth-order valence-corrected chi connectivity index (χ4v) is 2.59. The topological polar surface area (TPSA) is 75.6 Å². The van der Waals surface area contributed by atoms with Crippen LogP contribution in [0.15, 0.2) is 55.1 Å². The number of rotatable bonds is 5. The van der Waals surface area contributed by atoms with Crippen LogP contribution < -0.4 is 10.6 Å². The minimum atomic E-state index is -0.499. The molecule has 1 aromatic carbocycles. The maximum atomic E-state index is 6.31. The number of nitrogens with one attached hydrogen (secondary N) is 2. The molecule has 3 aromatic rings. The van der Waals surface area contributed by atoms with E-state index in [1.807, 2.05) is 0 Å². The molecule has 23 heavy (non-hydrogen) atoms. The number of halogens is 2. The Morgan fingerprint density at radius 3 is 1.57 bits per heavy atom. The van der Waals surface area contributed by atoms with E-state index in [9.17, 15) is 0 Å². The zero-order valence-corrected chi connectivity index (χ0v) is 13.3. The third kappa shape index (κ3) is 3.85. The Morgan fingerprint density at radius 2 is 1.13 bits per heavy atom. The van der Waals surface area contributed by atoms with Gasteiger partial charge in [-0.1, -0.05) is 29.3 Å². The molecule has 2 heterocycles. The normalized spacial score (nSPS) is 10.6. The first-order chi connectivity index (χ1) is 11.2. The lowest BCUT2D eigenvalue weighted by Crippen LogP contribution is -2.23. The molecule has 0 spiro atoms. The lowest BCUT2D eigenvalue weighted by atomic mass is 10.1. The Bertz CT molecular complexity index is 708.